The van der Waals surface area contributed by atoms with E-state index < -0.39 is 6.04 Å². The van der Waals surface area contributed by atoms with Crippen LogP contribution in [0.3, 0.4) is 0 Å². The summed E-state index contributed by atoms with van der Waals surface area (Å²) >= 11 is 3.41. The third kappa shape index (κ3) is 7.14. The zero-order chi connectivity index (χ0) is 23.6. The van der Waals surface area contributed by atoms with Crippen LogP contribution in [0.5, 0.6) is 0 Å². The van der Waals surface area contributed by atoms with Crippen LogP contribution in [0.1, 0.15) is 40.0 Å². The van der Waals surface area contributed by atoms with Crippen molar-refractivity contribution in [1.29, 1.82) is 0 Å². The number of rotatable bonds is 9. The van der Waals surface area contributed by atoms with Crippen LogP contribution in [-0.2, 0) is 9.53 Å². The van der Waals surface area contributed by atoms with Gasteiger partial charge in [-0.25, -0.2) is 0 Å². The third-order valence-electron chi connectivity index (χ3n) is 5.80. The third-order valence-corrected chi connectivity index (χ3v) is 6.29. The lowest BCUT2D eigenvalue weighted by Gasteiger charge is -2.36. The minimum Gasteiger partial charge on any atom is -0.385 e. The maximum Gasteiger partial charge on any atom is 0.253 e. The average molecular weight is 516 g/mol. The van der Waals surface area contributed by atoms with Crippen molar-refractivity contribution in [3.05, 3.63) is 70.2 Å². The molecule has 1 saturated heterocycles. The Morgan fingerprint density at radius 3 is 2.42 bits per heavy atom. The molecule has 33 heavy (non-hydrogen) atoms. The number of piperidine rings is 1. The number of halogens is 1. The van der Waals surface area contributed by atoms with E-state index in [1.807, 2.05) is 29.2 Å². The van der Waals surface area contributed by atoms with E-state index in [-0.39, 0.29) is 23.6 Å². The number of ether oxygens (including phenoxy) is 1. The molecule has 8 heteroatoms. The monoisotopic (exact) mass is 515 g/mol. The molecule has 0 spiro atoms. The van der Waals surface area contributed by atoms with E-state index in [9.17, 15) is 14.4 Å². The molecule has 0 bridgehead atoms. The van der Waals surface area contributed by atoms with Crippen LogP contribution < -0.4 is 10.6 Å². The molecule has 7 nitrogen and oxygen atoms in total. The van der Waals surface area contributed by atoms with Crippen molar-refractivity contribution in [2.24, 2.45) is 5.92 Å². The van der Waals surface area contributed by atoms with Gasteiger partial charge in [-0.2, -0.15) is 0 Å². The van der Waals surface area contributed by atoms with Gasteiger partial charge in [0.15, 0.2) is 0 Å². The maximum atomic E-state index is 13.0. The molecule has 2 aromatic rings. The maximum absolute atomic E-state index is 13.0. The van der Waals surface area contributed by atoms with Gasteiger partial charge in [-0.1, -0.05) is 40.2 Å². The van der Waals surface area contributed by atoms with E-state index >= 15 is 0 Å². The van der Waals surface area contributed by atoms with Crippen LogP contribution in [-0.4, -0.2) is 62.0 Å². The molecule has 176 valence electrons. The van der Waals surface area contributed by atoms with Gasteiger partial charge in [0.05, 0.1) is 0 Å². The quantitative estimate of drug-likeness (QED) is 0.501. The van der Waals surface area contributed by atoms with Crippen molar-refractivity contribution in [2.75, 3.05) is 33.4 Å². The van der Waals surface area contributed by atoms with Crippen LogP contribution >= 0.6 is 15.9 Å². The van der Waals surface area contributed by atoms with Crippen molar-refractivity contribution < 1.29 is 19.1 Å². The smallest absolute Gasteiger partial charge is 0.253 e. The van der Waals surface area contributed by atoms with Gasteiger partial charge < -0.3 is 20.3 Å². The summed E-state index contributed by atoms with van der Waals surface area (Å²) in [7, 11) is 1.62. The van der Waals surface area contributed by atoms with E-state index in [4.69, 9.17) is 4.74 Å². The van der Waals surface area contributed by atoms with Crippen molar-refractivity contribution >= 4 is 33.7 Å². The Bertz CT molecular complexity index is 946. The minimum atomic E-state index is -0.664. The molecule has 0 saturated carbocycles. The molecule has 1 fully saturated rings. The highest BCUT2D eigenvalue weighted by Gasteiger charge is 2.34. The summed E-state index contributed by atoms with van der Waals surface area (Å²) in [6, 6.07) is 15.5. The average Bonchev–Trinajstić information content (AvgIpc) is 2.85. The number of amides is 3. The molecule has 1 aliphatic rings. The van der Waals surface area contributed by atoms with Crippen molar-refractivity contribution in [3.8, 4) is 0 Å². The fraction of sp³-hybridized carbons (Fsp3) is 0.400. The number of nitrogens with one attached hydrogen (secondary N) is 2. The molecule has 3 rings (SSSR count). The first-order chi connectivity index (χ1) is 16.0. The Labute approximate surface area is 203 Å². The van der Waals surface area contributed by atoms with E-state index in [1.165, 1.54) is 0 Å². The SMILES string of the molecule is COCCCNC(=O)C(NC(=O)c1ccccc1)C1CCN(C(=O)c2cccc(Br)c2)CC1. The minimum absolute atomic E-state index is 0.0244. The lowest BCUT2D eigenvalue weighted by Crippen LogP contribution is -2.54. The van der Waals surface area contributed by atoms with Crippen LogP contribution in [0, 0.1) is 5.92 Å². The van der Waals surface area contributed by atoms with E-state index in [0.717, 1.165) is 4.47 Å². The number of likely N-dealkylation sites (tertiary alicyclic amines) is 1. The van der Waals surface area contributed by atoms with Crippen molar-refractivity contribution in [1.82, 2.24) is 15.5 Å². The molecule has 2 N–H and O–H groups in total. The van der Waals surface area contributed by atoms with E-state index in [2.05, 4.69) is 26.6 Å². The van der Waals surface area contributed by atoms with Gasteiger partial charge in [0.25, 0.3) is 11.8 Å². The lowest BCUT2D eigenvalue weighted by molar-refractivity contribution is -0.124. The number of nitrogens with zero attached hydrogens (tertiary/aromatic N) is 1. The number of carbonyl (C=O) groups excluding carboxylic acids is 3. The molecular formula is C25H30BrN3O4. The summed E-state index contributed by atoms with van der Waals surface area (Å²) < 4.78 is 5.90. The van der Waals surface area contributed by atoms with Gasteiger partial charge in [0.1, 0.15) is 6.04 Å². The summed E-state index contributed by atoms with van der Waals surface area (Å²) in [6.45, 7) is 2.09. The molecule has 0 radical (unpaired) electrons. The summed E-state index contributed by atoms with van der Waals surface area (Å²) in [6.07, 6.45) is 1.96. The van der Waals surface area contributed by atoms with Crippen LogP contribution in [0.25, 0.3) is 0 Å². The number of methoxy groups -OCH3 is 1. The second-order valence-electron chi connectivity index (χ2n) is 8.09. The second-order valence-corrected chi connectivity index (χ2v) is 9.01. The first-order valence-electron chi connectivity index (χ1n) is 11.2. The van der Waals surface area contributed by atoms with Gasteiger partial charge >= 0.3 is 0 Å². The summed E-state index contributed by atoms with van der Waals surface area (Å²) in [4.78, 5) is 40.5. The van der Waals surface area contributed by atoms with E-state index in [0.29, 0.717) is 56.6 Å². The summed E-state index contributed by atoms with van der Waals surface area (Å²) in [5, 5.41) is 5.85. The van der Waals surface area contributed by atoms with E-state index in [1.54, 1.807) is 37.4 Å². The number of carbonyl (C=O) groups is 3. The zero-order valence-corrected chi connectivity index (χ0v) is 20.3. The topological polar surface area (TPSA) is 87.7 Å². The molecule has 0 aromatic heterocycles. The van der Waals surface area contributed by atoms with Gasteiger partial charge in [-0.05, 0) is 55.5 Å². The highest BCUT2D eigenvalue weighted by molar-refractivity contribution is 9.10. The molecule has 2 aromatic carbocycles. The molecule has 3 amide bonds. The highest BCUT2D eigenvalue weighted by Crippen LogP contribution is 2.24. The molecule has 1 heterocycles. The number of hydrogen-bond acceptors (Lipinski definition) is 4. The Balaban J connectivity index is 1.65. The highest BCUT2D eigenvalue weighted by atomic mass is 79.9. The van der Waals surface area contributed by atoms with Gasteiger partial charge in [0.2, 0.25) is 5.91 Å². The summed E-state index contributed by atoms with van der Waals surface area (Å²) in [5.41, 5.74) is 1.14. The molecule has 1 aliphatic heterocycles. The van der Waals surface area contributed by atoms with Crippen molar-refractivity contribution in [3.63, 3.8) is 0 Å². The fourth-order valence-electron chi connectivity index (χ4n) is 3.99. The molecule has 0 aliphatic carbocycles. The Morgan fingerprint density at radius 1 is 1.06 bits per heavy atom. The van der Waals surface area contributed by atoms with Crippen molar-refractivity contribution in [2.45, 2.75) is 25.3 Å². The van der Waals surface area contributed by atoms with Crippen LogP contribution in [0.15, 0.2) is 59.1 Å². The Morgan fingerprint density at radius 2 is 1.76 bits per heavy atom. The first-order valence-corrected chi connectivity index (χ1v) is 12.0. The molecular weight excluding hydrogens is 486 g/mol. The molecule has 1 unspecified atom stereocenters. The Hall–Kier alpha value is -2.71. The lowest BCUT2D eigenvalue weighted by atomic mass is 9.88. The zero-order valence-electron chi connectivity index (χ0n) is 18.8. The number of hydrogen-bond donors (Lipinski definition) is 2. The second kappa shape index (κ2) is 12.5. The predicted molar refractivity (Wildman–Crippen MR) is 130 cm³/mol. The normalized spacial score (nSPS) is 15.0. The largest absolute Gasteiger partial charge is 0.385 e. The predicted octanol–water partition coefficient (Wildman–Crippen LogP) is 3.25. The molecule has 1 atom stereocenters. The first kappa shape index (κ1) is 24.9. The van der Waals surface area contributed by atoms with Gasteiger partial charge in [-0.15, -0.1) is 0 Å². The summed E-state index contributed by atoms with van der Waals surface area (Å²) in [5.74, 6) is -0.567. The van der Waals surface area contributed by atoms with Gasteiger partial charge in [0, 0.05) is 49.0 Å². The Kier molecular flexibility index (Phi) is 9.45. The van der Waals surface area contributed by atoms with Crippen LogP contribution in [0.2, 0.25) is 0 Å². The number of benzene rings is 2. The van der Waals surface area contributed by atoms with Gasteiger partial charge in [-0.3, -0.25) is 14.4 Å². The fourth-order valence-corrected chi connectivity index (χ4v) is 4.39. The van der Waals surface area contributed by atoms with Crippen LogP contribution in [0.4, 0.5) is 0 Å². The standard InChI is InChI=1S/C25H30BrN3O4/c1-33-16-6-13-27-24(31)22(28-23(30)19-7-3-2-4-8-19)18-11-14-29(15-12-18)25(32)20-9-5-10-21(26)17-20/h2-5,7-10,17-18,22H,6,11-16H2,1H3,(H,27,31)(H,28,30).